The minimum atomic E-state index is -0.634. The van der Waals surface area contributed by atoms with Gasteiger partial charge >= 0.3 is 0 Å². The topological polar surface area (TPSA) is 57.0 Å². The minimum absolute atomic E-state index is 0.0232. The number of carbonyl (C=O) groups is 1. The number of aromatic nitrogens is 3. The average Bonchev–Trinajstić information content (AvgIpc) is 2.90. The van der Waals surface area contributed by atoms with Crippen LogP contribution in [0.2, 0.25) is 5.02 Å². The summed E-state index contributed by atoms with van der Waals surface area (Å²) in [7, 11) is 0. The van der Waals surface area contributed by atoms with Crippen LogP contribution in [-0.4, -0.2) is 27.2 Å². The van der Waals surface area contributed by atoms with E-state index in [4.69, 9.17) is 16.3 Å². The van der Waals surface area contributed by atoms with Crippen LogP contribution in [0.3, 0.4) is 0 Å². The molecule has 106 valence electrons. The molecule has 0 aliphatic rings. The summed E-state index contributed by atoms with van der Waals surface area (Å²) in [6.07, 6.45) is 2.92. The number of carbonyl (C=O) groups excluding carboxylic acids is 1. The Morgan fingerprint density at radius 3 is 2.80 bits per heavy atom. The van der Waals surface area contributed by atoms with Gasteiger partial charge in [-0.15, -0.1) is 0 Å². The Morgan fingerprint density at radius 1 is 1.40 bits per heavy atom. The van der Waals surface area contributed by atoms with Crippen LogP contribution in [0.5, 0.6) is 5.75 Å². The second-order valence-electron chi connectivity index (χ2n) is 5.12. The molecule has 0 aliphatic carbocycles. The van der Waals surface area contributed by atoms with E-state index in [0.29, 0.717) is 10.8 Å². The summed E-state index contributed by atoms with van der Waals surface area (Å²) in [5.41, 5.74) is -0.634. The van der Waals surface area contributed by atoms with Crippen molar-refractivity contribution in [2.24, 2.45) is 5.41 Å². The zero-order valence-electron chi connectivity index (χ0n) is 11.4. The second-order valence-corrected chi connectivity index (χ2v) is 5.53. The number of rotatable bonds is 6. The lowest BCUT2D eigenvalue weighted by Crippen LogP contribution is -2.34. The molecule has 1 aromatic heterocycles. The van der Waals surface area contributed by atoms with Crippen molar-refractivity contribution in [1.82, 2.24) is 14.8 Å². The number of halogens is 1. The van der Waals surface area contributed by atoms with Gasteiger partial charge in [0.2, 0.25) is 0 Å². The van der Waals surface area contributed by atoms with Crippen molar-refractivity contribution in [3.63, 3.8) is 0 Å². The third-order valence-electron chi connectivity index (χ3n) is 2.95. The predicted octanol–water partition coefficient (Wildman–Crippen LogP) is 2.61. The maximum Gasteiger partial charge on any atom is 0.163 e. The van der Waals surface area contributed by atoms with Gasteiger partial charge in [0.1, 0.15) is 31.6 Å². The first-order valence-electron chi connectivity index (χ1n) is 6.22. The first-order chi connectivity index (χ1) is 9.49. The molecule has 0 unspecified atom stereocenters. The molecule has 0 saturated carbocycles. The van der Waals surface area contributed by atoms with Crippen molar-refractivity contribution in [3.8, 4) is 5.75 Å². The molecular formula is C14H16ClN3O2. The largest absolute Gasteiger partial charge is 0.491 e. The first-order valence-corrected chi connectivity index (χ1v) is 6.60. The van der Waals surface area contributed by atoms with Gasteiger partial charge in [-0.1, -0.05) is 23.7 Å². The zero-order valence-corrected chi connectivity index (χ0v) is 12.2. The quantitative estimate of drug-likeness (QED) is 0.821. The van der Waals surface area contributed by atoms with E-state index >= 15 is 0 Å². The van der Waals surface area contributed by atoms with Crippen molar-refractivity contribution in [1.29, 1.82) is 0 Å². The molecule has 2 aromatic rings. The standard InChI is InChI=1S/C14H16ClN3O2/c1-14(2,13(19)7-18-10-16-9-17-18)8-20-12-6-4-3-5-11(12)15/h3-6,9-10H,7-8H2,1-2H3. The Bertz CT molecular complexity index is 582. The fourth-order valence-corrected chi connectivity index (χ4v) is 1.77. The molecule has 2 rings (SSSR count). The highest BCUT2D eigenvalue weighted by Gasteiger charge is 2.29. The highest BCUT2D eigenvalue weighted by molar-refractivity contribution is 6.32. The molecule has 5 nitrogen and oxygen atoms in total. The molecular weight excluding hydrogens is 278 g/mol. The molecule has 20 heavy (non-hydrogen) atoms. The molecule has 6 heteroatoms. The Hall–Kier alpha value is -1.88. The summed E-state index contributed by atoms with van der Waals surface area (Å²) in [6.45, 7) is 4.11. The third-order valence-corrected chi connectivity index (χ3v) is 3.26. The van der Waals surface area contributed by atoms with Crippen LogP contribution in [0.25, 0.3) is 0 Å². The van der Waals surface area contributed by atoms with Gasteiger partial charge in [0.25, 0.3) is 0 Å². The van der Waals surface area contributed by atoms with Crippen molar-refractivity contribution in [3.05, 3.63) is 41.9 Å². The zero-order chi connectivity index (χ0) is 14.6. The first kappa shape index (κ1) is 14.5. The van der Waals surface area contributed by atoms with Gasteiger partial charge in [0.15, 0.2) is 5.78 Å². The maximum atomic E-state index is 12.2. The molecule has 0 aliphatic heterocycles. The van der Waals surface area contributed by atoms with Crippen molar-refractivity contribution in [2.45, 2.75) is 20.4 Å². The van der Waals surface area contributed by atoms with Crippen molar-refractivity contribution in [2.75, 3.05) is 6.61 Å². The number of ketones is 1. The number of nitrogens with zero attached hydrogens (tertiary/aromatic N) is 3. The van der Waals surface area contributed by atoms with Crippen molar-refractivity contribution >= 4 is 17.4 Å². The highest BCUT2D eigenvalue weighted by atomic mass is 35.5. The van der Waals surface area contributed by atoms with E-state index in [1.54, 1.807) is 12.1 Å². The van der Waals surface area contributed by atoms with E-state index in [1.807, 2.05) is 26.0 Å². The fourth-order valence-electron chi connectivity index (χ4n) is 1.58. The molecule has 0 bridgehead atoms. The van der Waals surface area contributed by atoms with Crippen LogP contribution in [0.1, 0.15) is 13.8 Å². The summed E-state index contributed by atoms with van der Waals surface area (Å²) in [5, 5.41) is 4.46. The van der Waals surface area contributed by atoms with Crippen LogP contribution in [0.4, 0.5) is 0 Å². The molecule has 0 amide bonds. The molecule has 0 fully saturated rings. The van der Waals surface area contributed by atoms with Crippen LogP contribution in [0, 0.1) is 5.41 Å². The highest BCUT2D eigenvalue weighted by Crippen LogP contribution is 2.26. The van der Waals surface area contributed by atoms with E-state index in [2.05, 4.69) is 10.1 Å². The van der Waals surface area contributed by atoms with Crippen LogP contribution in [-0.2, 0) is 11.3 Å². The third kappa shape index (κ3) is 3.57. The van der Waals surface area contributed by atoms with Gasteiger partial charge in [-0.25, -0.2) is 9.67 Å². The predicted molar refractivity (Wildman–Crippen MR) is 75.8 cm³/mol. The van der Waals surface area contributed by atoms with Crippen LogP contribution in [0.15, 0.2) is 36.9 Å². The van der Waals surface area contributed by atoms with E-state index in [0.717, 1.165) is 0 Å². The molecule has 0 spiro atoms. The smallest absolute Gasteiger partial charge is 0.163 e. The number of hydrogen-bond donors (Lipinski definition) is 0. The Labute approximate surface area is 122 Å². The Kier molecular flexibility index (Phi) is 4.39. The van der Waals surface area contributed by atoms with Crippen LogP contribution >= 0.6 is 11.6 Å². The lowest BCUT2D eigenvalue weighted by atomic mass is 9.89. The van der Waals surface area contributed by atoms with Gasteiger partial charge in [-0.05, 0) is 26.0 Å². The Morgan fingerprint density at radius 2 is 2.15 bits per heavy atom. The summed E-state index contributed by atoms with van der Waals surface area (Å²) in [5.74, 6) is 0.603. The molecule has 1 heterocycles. The number of hydrogen-bond acceptors (Lipinski definition) is 4. The summed E-state index contributed by atoms with van der Waals surface area (Å²) in [4.78, 5) is 16.1. The SMILES string of the molecule is CC(C)(COc1ccccc1Cl)C(=O)Cn1cncn1. The van der Waals surface area contributed by atoms with Gasteiger partial charge in [-0.2, -0.15) is 5.10 Å². The fraction of sp³-hybridized carbons (Fsp3) is 0.357. The van der Waals surface area contributed by atoms with Gasteiger partial charge < -0.3 is 4.74 Å². The van der Waals surface area contributed by atoms with E-state index in [1.165, 1.54) is 17.3 Å². The van der Waals surface area contributed by atoms with Gasteiger partial charge in [0.05, 0.1) is 10.4 Å². The lowest BCUT2D eigenvalue weighted by molar-refractivity contribution is -0.129. The van der Waals surface area contributed by atoms with E-state index in [-0.39, 0.29) is 18.9 Å². The summed E-state index contributed by atoms with van der Waals surface area (Å²) >= 11 is 6.02. The number of ether oxygens (including phenoxy) is 1. The molecule has 0 saturated heterocycles. The van der Waals surface area contributed by atoms with E-state index in [9.17, 15) is 4.79 Å². The lowest BCUT2D eigenvalue weighted by Gasteiger charge is -2.23. The normalized spacial score (nSPS) is 11.3. The number of para-hydroxylation sites is 1. The maximum absolute atomic E-state index is 12.2. The van der Waals surface area contributed by atoms with Gasteiger partial charge in [-0.3, -0.25) is 4.79 Å². The van der Waals surface area contributed by atoms with E-state index < -0.39 is 5.41 Å². The molecule has 1 aromatic carbocycles. The summed E-state index contributed by atoms with van der Waals surface area (Å²) in [6, 6.07) is 7.20. The van der Waals surface area contributed by atoms with Crippen LogP contribution < -0.4 is 4.74 Å². The van der Waals surface area contributed by atoms with Gasteiger partial charge in [0, 0.05) is 0 Å². The Balaban J connectivity index is 1.96. The summed E-state index contributed by atoms with van der Waals surface area (Å²) < 4.78 is 7.14. The molecule has 0 radical (unpaired) electrons. The average molecular weight is 294 g/mol. The molecule has 0 N–H and O–H groups in total. The number of benzene rings is 1. The number of Topliss-reactive ketones (excluding diaryl/α,β-unsaturated/α-hetero) is 1. The van der Waals surface area contributed by atoms with Crippen molar-refractivity contribution < 1.29 is 9.53 Å². The monoisotopic (exact) mass is 293 g/mol. The minimum Gasteiger partial charge on any atom is -0.491 e. The molecule has 0 atom stereocenters. The second kappa shape index (κ2) is 6.05.